The Morgan fingerprint density at radius 2 is 1.80 bits per heavy atom. The lowest BCUT2D eigenvalue weighted by molar-refractivity contribution is 0.185. The van der Waals surface area contributed by atoms with Crippen LogP contribution in [0.5, 0.6) is 0 Å². The summed E-state index contributed by atoms with van der Waals surface area (Å²) in [5.74, 6) is 0.621. The molecule has 1 aromatic carbocycles. The summed E-state index contributed by atoms with van der Waals surface area (Å²) in [5.41, 5.74) is 1.20. The quantitative estimate of drug-likeness (QED) is 0.890. The smallest absolute Gasteiger partial charge is 0.123 e. The molecule has 1 aromatic rings. The van der Waals surface area contributed by atoms with E-state index >= 15 is 0 Å². The fourth-order valence-corrected chi connectivity index (χ4v) is 3.15. The fourth-order valence-electron chi connectivity index (χ4n) is 3.15. The summed E-state index contributed by atoms with van der Waals surface area (Å²) in [7, 11) is 2.20. The number of piperidine rings is 1. The predicted molar refractivity (Wildman–Crippen MR) is 82.4 cm³/mol. The Morgan fingerprint density at radius 1 is 1.20 bits per heavy atom. The highest BCUT2D eigenvalue weighted by atomic mass is 19.1. The Labute approximate surface area is 122 Å². The zero-order valence-corrected chi connectivity index (χ0v) is 12.9. The fraction of sp³-hybridized carbons (Fsp3) is 0.647. The van der Waals surface area contributed by atoms with Gasteiger partial charge in [0.1, 0.15) is 5.82 Å². The van der Waals surface area contributed by atoms with Crippen LogP contribution >= 0.6 is 0 Å². The summed E-state index contributed by atoms with van der Waals surface area (Å²) in [6.07, 6.45) is 3.53. The molecule has 3 heteroatoms. The number of likely N-dealkylation sites (tertiary alicyclic amines) is 1. The van der Waals surface area contributed by atoms with E-state index in [1.165, 1.54) is 31.5 Å². The van der Waals surface area contributed by atoms with Gasteiger partial charge in [-0.3, -0.25) is 0 Å². The van der Waals surface area contributed by atoms with Crippen molar-refractivity contribution < 1.29 is 4.39 Å². The monoisotopic (exact) mass is 278 g/mol. The molecule has 0 aromatic heterocycles. The molecule has 20 heavy (non-hydrogen) atoms. The van der Waals surface area contributed by atoms with Crippen molar-refractivity contribution in [2.24, 2.45) is 5.92 Å². The molecule has 0 spiro atoms. The van der Waals surface area contributed by atoms with E-state index < -0.39 is 0 Å². The van der Waals surface area contributed by atoms with Gasteiger partial charge in [-0.15, -0.1) is 0 Å². The van der Waals surface area contributed by atoms with Gasteiger partial charge in [0, 0.05) is 12.1 Å². The van der Waals surface area contributed by atoms with Crippen molar-refractivity contribution in [3.63, 3.8) is 0 Å². The Kier molecular flexibility index (Phi) is 5.55. The molecule has 0 bridgehead atoms. The minimum Gasteiger partial charge on any atom is -0.311 e. The van der Waals surface area contributed by atoms with Crippen LogP contribution in [0.3, 0.4) is 0 Å². The van der Waals surface area contributed by atoms with Gasteiger partial charge in [-0.25, -0.2) is 4.39 Å². The van der Waals surface area contributed by atoms with Gasteiger partial charge in [0.05, 0.1) is 0 Å². The maximum Gasteiger partial charge on any atom is 0.123 e. The third-order valence-corrected chi connectivity index (χ3v) is 4.47. The number of halogens is 1. The predicted octanol–water partition coefficient (Wildman–Crippen LogP) is 3.08. The minimum absolute atomic E-state index is 0.158. The molecule has 112 valence electrons. The summed E-state index contributed by atoms with van der Waals surface area (Å²) >= 11 is 0. The van der Waals surface area contributed by atoms with Crippen LogP contribution in [0.15, 0.2) is 24.3 Å². The van der Waals surface area contributed by atoms with Gasteiger partial charge in [0.2, 0.25) is 0 Å². The zero-order valence-electron chi connectivity index (χ0n) is 12.9. The van der Waals surface area contributed by atoms with Gasteiger partial charge < -0.3 is 10.2 Å². The van der Waals surface area contributed by atoms with Crippen molar-refractivity contribution in [3.8, 4) is 0 Å². The highest BCUT2D eigenvalue weighted by Gasteiger charge is 2.23. The first-order valence-corrected chi connectivity index (χ1v) is 7.73. The first-order chi connectivity index (χ1) is 9.54. The summed E-state index contributed by atoms with van der Waals surface area (Å²) < 4.78 is 12.9. The first-order valence-electron chi connectivity index (χ1n) is 7.73. The largest absolute Gasteiger partial charge is 0.311 e. The van der Waals surface area contributed by atoms with Gasteiger partial charge in [0.25, 0.3) is 0 Å². The van der Waals surface area contributed by atoms with E-state index in [9.17, 15) is 4.39 Å². The molecule has 2 unspecified atom stereocenters. The molecular weight excluding hydrogens is 251 g/mol. The third-order valence-electron chi connectivity index (χ3n) is 4.47. The number of nitrogens with zero attached hydrogens (tertiary/aromatic N) is 1. The van der Waals surface area contributed by atoms with E-state index in [2.05, 4.69) is 31.1 Å². The summed E-state index contributed by atoms with van der Waals surface area (Å²) in [6, 6.07) is 7.83. The standard InChI is InChI=1S/C17H27FN2/c1-13(12-15-4-6-17(18)7-5-15)19-14(2)16-8-10-20(3)11-9-16/h4-7,13-14,16,19H,8-12H2,1-3H3. The van der Waals surface area contributed by atoms with E-state index in [1.54, 1.807) is 12.1 Å². The van der Waals surface area contributed by atoms with Crippen molar-refractivity contribution >= 4 is 0 Å². The van der Waals surface area contributed by atoms with Crippen LogP contribution in [-0.4, -0.2) is 37.1 Å². The average molecular weight is 278 g/mol. The zero-order chi connectivity index (χ0) is 14.5. The van der Waals surface area contributed by atoms with Crippen molar-refractivity contribution in [3.05, 3.63) is 35.6 Å². The lowest BCUT2D eigenvalue weighted by Gasteiger charge is -2.34. The van der Waals surface area contributed by atoms with E-state index in [1.807, 2.05) is 12.1 Å². The molecule has 1 fully saturated rings. The second-order valence-electron chi connectivity index (χ2n) is 6.33. The van der Waals surface area contributed by atoms with Gasteiger partial charge in [-0.2, -0.15) is 0 Å². The molecule has 1 saturated heterocycles. The van der Waals surface area contributed by atoms with Crippen LogP contribution in [0.4, 0.5) is 4.39 Å². The first kappa shape index (κ1) is 15.5. The Hall–Kier alpha value is -0.930. The van der Waals surface area contributed by atoms with Crippen LogP contribution in [-0.2, 0) is 6.42 Å². The molecule has 0 saturated carbocycles. The second kappa shape index (κ2) is 7.19. The van der Waals surface area contributed by atoms with Crippen molar-refractivity contribution in [2.45, 2.75) is 45.2 Å². The molecule has 2 rings (SSSR count). The number of hydrogen-bond donors (Lipinski definition) is 1. The lowest BCUT2D eigenvalue weighted by Crippen LogP contribution is -2.44. The third kappa shape index (κ3) is 4.57. The molecule has 0 radical (unpaired) electrons. The van der Waals surface area contributed by atoms with Crippen LogP contribution in [0.25, 0.3) is 0 Å². The molecule has 1 N–H and O–H groups in total. The Bertz CT molecular complexity index is 396. The molecule has 1 aliphatic heterocycles. The van der Waals surface area contributed by atoms with Gasteiger partial charge >= 0.3 is 0 Å². The highest BCUT2D eigenvalue weighted by molar-refractivity contribution is 5.17. The molecule has 0 aliphatic carbocycles. The van der Waals surface area contributed by atoms with E-state index in [0.717, 1.165) is 12.3 Å². The normalized spacial score (nSPS) is 20.8. The Morgan fingerprint density at radius 3 is 2.40 bits per heavy atom. The summed E-state index contributed by atoms with van der Waals surface area (Å²) in [5, 5.41) is 3.72. The molecule has 2 atom stereocenters. The van der Waals surface area contributed by atoms with Crippen LogP contribution in [0, 0.1) is 11.7 Å². The van der Waals surface area contributed by atoms with Gasteiger partial charge in [-0.1, -0.05) is 12.1 Å². The SMILES string of the molecule is CC(Cc1ccc(F)cc1)NC(C)C1CCN(C)CC1. The maximum atomic E-state index is 12.9. The summed E-state index contributed by atoms with van der Waals surface area (Å²) in [6.45, 7) is 6.94. The molecular formula is C17H27FN2. The molecule has 1 heterocycles. The second-order valence-corrected chi connectivity index (χ2v) is 6.33. The van der Waals surface area contributed by atoms with Gasteiger partial charge in [0.15, 0.2) is 0 Å². The highest BCUT2D eigenvalue weighted by Crippen LogP contribution is 2.20. The minimum atomic E-state index is -0.158. The van der Waals surface area contributed by atoms with Crippen LogP contribution in [0.1, 0.15) is 32.3 Å². The Balaban J connectivity index is 1.78. The van der Waals surface area contributed by atoms with Crippen LogP contribution < -0.4 is 5.32 Å². The van der Waals surface area contributed by atoms with Gasteiger partial charge in [-0.05, 0) is 76.9 Å². The number of rotatable bonds is 5. The molecule has 1 aliphatic rings. The molecule has 2 nitrogen and oxygen atoms in total. The van der Waals surface area contributed by atoms with E-state index in [4.69, 9.17) is 0 Å². The number of benzene rings is 1. The maximum absolute atomic E-state index is 12.9. The topological polar surface area (TPSA) is 15.3 Å². The summed E-state index contributed by atoms with van der Waals surface area (Å²) in [4.78, 5) is 2.41. The molecule has 0 amide bonds. The average Bonchev–Trinajstić information content (AvgIpc) is 2.42. The van der Waals surface area contributed by atoms with E-state index in [-0.39, 0.29) is 5.82 Å². The van der Waals surface area contributed by atoms with Crippen molar-refractivity contribution in [2.75, 3.05) is 20.1 Å². The lowest BCUT2D eigenvalue weighted by atomic mass is 9.90. The number of nitrogens with one attached hydrogen (secondary N) is 1. The van der Waals surface area contributed by atoms with E-state index in [0.29, 0.717) is 12.1 Å². The van der Waals surface area contributed by atoms with Crippen molar-refractivity contribution in [1.82, 2.24) is 10.2 Å². The van der Waals surface area contributed by atoms with Crippen LogP contribution in [0.2, 0.25) is 0 Å². The van der Waals surface area contributed by atoms with Crippen molar-refractivity contribution in [1.29, 1.82) is 0 Å². The number of hydrogen-bond acceptors (Lipinski definition) is 2.